The molecule has 2 aromatic carbocycles. The molecule has 9 nitrogen and oxygen atoms in total. The molecule has 5 aromatic rings. The fourth-order valence-electron chi connectivity index (χ4n) is 4.30. The maximum atomic E-state index is 13.9. The fourth-order valence-corrected chi connectivity index (χ4v) is 4.57. The molecule has 4 heterocycles. The molecule has 12 heteroatoms. The zero-order valence-corrected chi connectivity index (χ0v) is 21.8. The molecule has 1 atom stereocenters. The first kappa shape index (κ1) is 24.7. The van der Waals surface area contributed by atoms with Crippen LogP contribution in [0.4, 0.5) is 31.5 Å². The quantitative estimate of drug-likeness (QED) is 0.173. The Balaban J connectivity index is 1.45. The molecule has 3 aromatic heterocycles. The molecule has 1 aliphatic heterocycles. The summed E-state index contributed by atoms with van der Waals surface area (Å²) in [6.45, 7) is 0. The van der Waals surface area contributed by atoms with Crippen LogP contribution in [0.2, 0.25) is 5.02 Å². The van der Waals surface area contributed by atoms with E-state index < -0.39 is 17.8 Å². The number of hydrogen-bond donors (Lipinski definition) is 4. The zero-order valence-electron chi connectivity index (χ0n) is 22.0. The molecule has 1 aliphatic rings. The highest BCUT2D eigenvalue weighted by Crippen LogP contribution is 2.37. The van der Waals surface area contributed by atoms with Crippen molar-refractivity contribution in [3.8, 4) is 6.07 Å². The van der Waals surface area contributed by atoms with Crippen LogP contribution in [0.15, 0.2) is 97.3 Å². The molecule has 0 spiro atoms. The standard InChI is InChI=1S/C29H20ClF2N9/c30-23-10-19(9-22-26(18(12-33)14-35-28(22)23)38-20-11-24(31)29(32)36-15-20)37-27(17-5-4-8-34-13-17)25-16-41(40-39-25)21-6-2-1-3-7-21/h1-11,13-16,27,37,39-40H,(H,35,38)/i27D. The molecule has 0 bridgehead atoms. The Bertz CT molecular complexity index is 1870. The van der Waals surface area contributed by atoms with Gasteiger partial charge in [-0.15, -0.1) is 5.53 Å². The summed E-state index contributed by atoms with van der Waals surface area (Å²) in [4.78, 5) is 11.9. The second-order valence-corrected chi connectivity index (χ2v) is 9.27. The highest BCUT2D eigenvalue weighted by atomic mass is 35.5. The molecule has 6 rings (SSSR count). The summed E-state index contributed by atoms with van der Waals surface area (Å²) in [5.41, 5.74) is 9.21. The van der Waals surface area contributed by atoms with E-state index in [1.165, 1.54) is 6.20 Å². The highest BCUT2D eigenvalue weighted by molar-refractivity contribution is 6.36. The Hall–Kier alpha value is -5.31. The molecule has 4 N–H and O–H groups in total. The Morgan fingerprint density at radius 2 is 1.88 bits per heavy atom. The van der Waals surface area contributed by atoms with E-state index in [4.69, 9.17) is 11.6 Å². The van der Waals surface area contributed by atoms with Crippen molar-refractivity contribution in [3.63, 3.8) is 0 Å². The van der Waals surface area contributed by atoms with Crippen LogP contribution in [-0.4, -0.2) is 15.0 Å². The van der Waals surface area contributed by atoms with Crippen LogP contribution in [-0.2, 0) is 0 Å². The zero-order chi connectivity index (χ0) is 29.3. The lowest BCUT2D eigenvalue weighted by Gasteiger charge is -2.22. The predicted molar refractivity (Wildman–Crippen MR) is 153 cm³/mol. The number of pyridine rings is 3. The van der Waals surface area contributed by atoms with Gasteiger partial charge in [-0.25, -0.2) is 9.37 Å². The van der Waals surface area contributed by atoms with Crippen LogP contribution in [0.5, 0.6) is 0 Å². The summed E-state index contributed by atoms with van der Waals surface area (Å²) in [6.07, 6.45) is 7.38. The van der Waals surface area contributed by atoms with Crippen molar-refractivity contribution in [2.45, 2.75) is 6.02 Å². The number of halogens is 3. The molecule has 0 aliphatic carbocycles. The van der Waals surface area contributed by atoms with Gasteiger partial charge in [-0.1, -0.05) is 35.9 Å². The SMILES string of the molecule is [2H]C(Nc1cc(Cl)c2ncc(C#N)c(Nc3cnc(F)c(F)c3)c2c1)(C1=CN(c2ccccc2)NN1)c1cccnc1. The van der Waals surface area contributed by atoms with Gasteiger partial charge in [0, 0.05) is 41.9 Å². The van der Waals surface area contributed by atoms with Gasteiger partial charge in [0.1, 0.15) is 6.07 Å². The van der Waals surface area contributed by atoms with E-state index >= 15 is 0 Å². The third kappa shape index (κ3) is 5.29. The minimum Gasteiger partial charge on any atom is -0.373 e. The van der Waals surface area contributed by atoms with E-state index in [-0.39, 0.29) is 22.0 Å². The van der Waals surface area contributed by atoms with Crippen molar-refractivity contribution in [3.05, 3.63) is 125 Å². The number of nitrogens with one attached hydrogen (secondary N) is 4. The Morgan fingerprint density at radius 3 is 2.63 bits per heavy atom. The largest absolute Gasteiger partial charge is 0.373 e. The van der Waals surface area contributed by atoms with E-state index in [1.807, 2.05) is 30.3 Å². The summed E-state index contributed by atoms with van der Waals surface area (Å²) >= 11 is 6.66. The smallest absolute Gasteiger partial charge is 0.249 e. The van der Waals surface area contributed by atoms with Crippen molar-refractivity contribution >= 4 is 45.3 Å². The van der Waals surface area contributed by atoms with Gasteiger partial charge >= 0.3 is 0 Å². The van der Waals surface area contributed by atoms with Crippen molar-refractivity contribution in [2.75, 3.05) is 15.6 Å². The van der Waals surface area contributed by atoms with E-state index in [0.717, 1.165) is 18.0 Å². The molecule has 202 valence electrons. The number of nitrogens with zero attached hydrogens (tertiary/aromatic N) is 5. The van der Waals surface area contributed by atoms with E-state index in [1.54, 1.807) is 47.9 Å². The van der Waals surface area contributed by atoms with Gasteiger partial charge in [0.2, 0.25) is 5.95 Å². The number of hydrogen-bond acceptors (Lipinski definition) is 9. The first-order valence-electron chi connectivity index (χ1n) is 12.7. The maximum absolute atomic E-state index is 13.9. The van der Waals surface area contributed by atoms with Crippen molar-refractivity contribution < 1.29 is 10.2 Å². The minimum absolute atomic E-state index is 0.116. The molecule has 0 amide bonds. The number of benzene rings is 2. The predicted octanol–water partition coefficient (Wildman–Crippen LogP) is 6.10. The number of nitriles is 1. The second kappa shape index (κ2) is 11.1. The first-order valence-corrected chi connectivity index (χ1v) is 12.6. The average molecular weight is 569 g/mol. The Morgan fingerprint density at radius 1 is 1.02 bits per heavy atom. The first-order chi connectivity index (χ1) is 20.4. The van der Waals surface area contributed by atoms with E-state index in [0.29, 0.717) is 27.9 Å². The number of anilines is 4. The number of aromatic nitrogens is 3. The maximum Gasteiger partial charge on any atom is 0.249 e. The van der Waals surface area contributed by atoms with Crippen LogP contribution in [0.3, 0.4) is 0 Å². The lowest BCUT2D eigenvalue weighted by atomic mass is 10.0. The number of rotatable bonds is 7. The van der Waals surface area contributed by atoms with Crippen LogP contribution in [0.25, 0.3) is 10.9 Å². The molecule has 0 saturated carbocycles. The van der Waals surface area contributed by atoms with Crippen LogP contribution >= 0.6 is 11.6 Å². The summed E-state index contributed by atoms with van der Waals surface area (Å²) in [6, 6.07) is 17.7. The van der Waals surface area contributed by atoms with Crippen LogP contribution in [0, 0.1) is 23.1 Å². The molecule has 0 radical (unpaired) electrons. The van der Waals surface area contributed by atoms with Crippen LogP contribution < -0.4 is 26.6 Å². The molecule has 0 fully saturated rings. The lowest BCUT2D eigenvalue weighted by Crippen LogP contribution is -2.37. The van der Waals surface area contributed by atoms with Gasteiger partial charge in [0.25, 0.3) is 0 Å². The third-order valence-electron chi connectivity index (χ3n) is 6.20. The number of para-hydroxylation sites is 1. The minimum atomic E-state index is -1.60. The summed E-state index contributed by atoms with van der Waals surface area (Å²) in [5.74, 6) is -2.39. The summed E-state index contributed by atoms with van der Waals surface area (Å²) in [5, 5.41) is 18.4. The van der Waals surface area contributed by atoms with Crippen LogP contribution in [0.1, 0.15) is 18.5 Å². The van der Waals surface area contributed by atoms with Gasteiger partial charge in [-0.3, -0.25) is 15.0 Å². The van der Waals surface area contributed by atoms with Gasteiger partial charge in [0.05, 0.1) is 52.4 Å². The van der Waals surface area contributed by atoms with Gasteiger partial charge in [-0.2, -0.15) is 9.65 Å². The Labute approximate surface area is 239 Å². The van der Waals surface area contributed by atoms with Gasteiger partial charge in [-0.05, 0) is 35.9 Å². The number of hydrazine groups is 2. The van der Waals surface area contributed by atoms with E-state index in [2.05, 4.69) is 42.6 Å². The monoisotopic (exact) mass is 568 g/mol. The van der Waals surface area contributed by atoms with Gasteiger partial charge < -0.3 is 16.1 Å². The van der Waals surface area contributed by atoms with E-state index in [9.17, 15) is 15.4 Å². The number of fused-ring (bicyclic) bond motifs is 1. The highest BCUT2D eigenvalue weighted by Gasteiger charge is 2.24. The summed E-state index contributed by atoms with van der Waals surface area (Å²) < 4.78 is 37.0. The Kier molecular flexibility index (Phi) is 6.66. The molecule has 41 heavy (non-hydrogen) atoms. The van der Waals surface area contributed by atoms with Crippen molar-refractivity contribution in [2.24, 2.45) is 0 Å². The summed E-state index contributed by atoms with van der Waals surface area (Å²) in [7, 11) is 0. The topological polar surface area (TPSA) is 114 Å². The normalized spacial score (nSPS) is 14.4. The molecular formula is C29H20ClF2N9. The van der Waals surface area contributed by atoms with Crippen molar-refractivity contribution in [1.82, 2.24) is 25.9 Å². The molecule has 1 unspecified atom stereocenters. The van der Waals surface area contributed by atoms with Crippen molar-refractivity contribution in [1.29, 1.82) is 5.26 Å². The second-order valence-electron chi connectivity index (χ2n) is 8.86. The fraction of sp³-hybridized carbons (Fsp3) is 0.0345. The molecule has 0 saturated heterocycles. The van der Waals surface area contributed by atoms with Gasteiger partial charge in [0.15, 0.2) is 5.82 Å². The lowest BCUT2D eigenvalue weighted by molar-refractivity contribution is 0.480. The third-order valence-corrected chi connectivity index (χ3v) is 6.49. The average Bonchev–Trinajstić information content (AvgIpc) is 3.52. The molecular weight excluding hydrogens is 548 g/mol.